The molecule has 0 aliphatic heterocycles. The van der Waals surface area contributed by atoms with Crippen LogP contribution in [0, 0.1) is 0 Å². The first-order valence-electron chi connectivity index (χ1n) is 10.5. The molecule has 0 unspecified atom stereocenters. The van der Waals surface area contributed by atoms with Crippen molar-refractivity contribution in [3.63, 3.8) is 0 Å². The summed E-state index contributed by atoms with van der Waals surface area (Å²) < 4.78 is 39.8. The van der Waals surface area contributed by atoms with E-state index in [0.29, 0.717) is 24.7 Å². The van der Waals surface area contributed by atoms with Crippen molar-refractivity contribution in [2.75, 3.05) is 7.11 Å². The molecule has 7 heteroatoms. The van der Waals surface area contributed by atoms with Crippen molar-refractivity contribution in [1.82, 2.24) is 4.31 Å². The molecule has 4 aromatic rings. The number of rotatable bonds is 10. The second-order valence-electron chi connectivity index (χ2n) is 7.43. The van der Waals surface area contributed by atoms with Gasteiger partial charge in [0.15, 0.2) is 11.5 Å². The van der Waals surface area contributed by atoms with Gasteiger partial charge in [-0.25, -0.2) is 8.42 Å². The average Bonchev–Trinajstić information content (AvgIpc) is 3.37. The zero-order valence-electron chi connectivity index (χ0n) is 18.3. The highest BCUT2D eigenvalue weighted by molar-refractivity contribution is 7.89. The van der Waals surface area contributed by atoms with Crippen molar-refractivity contribution in [2.45, 2.75) is 24.6 Å². The van der Waals surface area contributed by atoms with Crippen LogP contribution in [0.2, 0.25) is 0 Å². The number of nitrogens with zero attached hydrogens (tertiary/aromatic N) is 1. The molecule has 0 saturated carbocycles. The summed E-state index contributed by atoms with van der Waals surface area (Å²) in [6, 6.07) is 27.8. The first kappa shape index (κ1) is 23.0. The molecule has 33 heavy (non-hydrogen) atoms. The van der Waals surface area contributed by atoms with E-state index < -0.39 is 10.0 Å². The molecule has 0 spiro atoms. The van der Waals surface area contributed by atoms with Crippen LogP contribution in [0.4, 0.5) is 0 Å². The number of sulfonamides is 1. The Labute approximate surface area is 198 Å². The summed E-state index contributed by atoms with van der Waals surface area (Å²) in [5.41, 5.74) is 1.87. The summed E-state index contributed by atoms with van der Waals surface area (Å²) in [5, 5.41) is 1.95. The molecule has 0 radical (unpaired) electrons. The summed E-state index contributed by atoms with van der Waals surface area (Å²) in [6.45, 7) is 0.928. The predicted molar refractivity (Wildman–Crippen MR) is 131 cm³/mol. The van der Waals surface area contributed by atoms with Crippen molar-refractivity contribution in [3.05, 3.63) is 112 Å². The number of methoxy groups -OCH3 is 1. The number of hydrogen-bond acceptors (Lipinski definition) is 5. The fourth-order valence-corrected chi connectivity index (χ4v) is 5.64. The van der Waals surface area contributed by atoms with E-state index in [1.165, 1.54) is 15.6 Å². The second-order valence-corrected chi connectivity index (χ2v) is 10.4. The van der Waals surface area contributed by atoms with E-state index in [0.717, 1.165) is 16.0 Å². The van der Waals surface area contributed by atoms with Gasteiger partial charge in [0.1, 0.15) is 6.61 Å². The van der Waals surface area contributed by atoms with E-state index in [-0.39, 0.29) is 11.4 Å². The van der Waals surface area contributed by atoms with Gasteiger partial charge in [0.2, 0.25) is 10.0 Å². The molecule has 0 saturated heterocycles. The first-order valence-corrected chi connectivity index (χ1v) is 12.8. The minimum Gasteiger partial charge on any atom is -0.493 e. The Hall–Kier alpha value is -3.13. The Kier molecular flexibility index (Phi) is 7.44. The van der Waals surface area contributed by atoms with Gasteiger partial charge in [-0.3, -0.25) is 0 Å². The third kappa shape index (κ3) is 5.82. The summed E-state index contributed by atoms with van der Waals surface area (Å²) >= 11 is 1.54. The van der Waals surface area contributed by atoms with Crippen LogP contribution < -0.4 is 9.47 Å². The third-order valence-electron chi connectivity index (χ3n) is 5.12. The SMILES string of the molecule is COc1cc(CN(Cc2cccs2)S(=O)(=O)c2ccccc2)ccc1OCc1ccccc1. The smallest absolute Gasteiger partial charge is 0.243 e. The molecule has 1 aromatic heterocycles. The number of hydrogen-bond donors (Lipinski definition) is 0. The van der Waals surface area contributed by atoms with Gasteiger partial charge in [-0.2, -0.15) is 4.31 Å². The molecule has 0 amide bonds. The van der Waals surface area contributed by atoms with Gasteiger partial charge in [0.05, 0.1) is 12.0 Å². The van der Waals surface area contributed by atoms with E-state index >= 15 is 0 Å². The lowest BCUT2D eigenvalue weighted by molar-refractivity contribution is 0.284. The molecular weight excluding hydrogens is 454 g/mol. The fraction of sp³-hybridized carbons (Fsp3) is 0.154. The number of ether oxygens (including phenoxy) is 2. The standard InChI is InChI=1S/C26H25NO4S2/c1-30-26-17-22(14-15-25(26)31-20-21-9-4-2-5-10-21)18-27(19-23-11-8-16-32-23)33(28,29)24-12-6-3-7-13-24/h2-17H,18-20H2,1H3. The van der Waals surface area contributed by atoms with Crippen LogP contribution >= 0.6 is 11.3 Å². The molecule has 5 nitrogen and oxygen atoms in total. The lowest BCUT2D eigenvalue weighted by Crippen LogP contribution is -2.30. The lowest BCUT2D eigenvalue weighted by Gasteiger charge is -2.22. The van der Waals surface area contributed by atoms with E-state index in [9.17, 15) is 8.42 Å². The van der Waals surface area contributed by atoms with Crippen LogP contribution in [0.3, 0.4) is 0 Å². The van der Waals surface area contributed by atoms with E-state index in [1.807, 2.05) is 72.1 Å². The van der Waals surface area contributed by atoms with Crippen molar-refractivity contribution >= 4 is 21.4 Å². The van der Waals surface area contributed by atoms with Gasteiger partial charge in [0.25, 0.3) is 0 Å². The Morgan fingerprint density at radius 3 is 2.18 bits per heavy atom. The summed E-state index contributed by atoms with van der Waals surface area (Å²) in [5.74, 6) is 1.18. The Morgan fingerprint density at radius 1 is 0.788 bits per heavy atom. The normalized spacial score (nSPS) is 11.5. The van der Waals surface area contributed by atoms with Crippen LogP contribution in [0.15, 0.2) is 101 Å². The van der Waals surface area contributed by atoms with Crippen LogP contribution in [-0.4, -0.2) is 19.8 Å². The van der Waals surface area contributed by atoms with Crippen molar-refractivity contribution in [2.24, 2.45) is 0 Å². The zero-order chi connectivity index (χ0) is 23.1. The monoisotopic (exact) mass is 479 g/mol. The van der Waals surface area contributed by atoms with Crippen LogP contribution in [0.25, 0.3) is 0 Å². The van der Waals surface area contributed by atoms with E-state index in [1.54, 1.807) is 31.4 Å². The molecule has 0 bridgehead atoms. The second kappa shape index (κ2) is 10.7. The quantitative estimate of drug-likeness (QED) is 0.292. The molecule has 0 fully saturated rings. The summed E-state index contributed by atoms with van der Waals surface area (Å²) in [6.07, 6.45) is 0. The highest BCUT2D eigenvalue weighted by atomic mass is 32.2. The maximum Gasteiger partial charge on any atom is 0.243 e. The molecule has 170 valence electrons. The van der Waals surface area contributed by atoms with E-state index in [2.05, 4.69) is 0 Å². The molecule has 3 aromatic carbocycles. The van der Waals surface area contributed by atoms with Crippen LogP contribution in [0.5, 0.6) is 11.5 Å². The van der Waals surface area contributed by atoms with Crippen molar-refractivity contribution in [3.8, 4) is 11.5 Å². The zero-order valence-corrected chi connectivity index (χ0v) is 19.9. The van der Waals surface area contributed by atoms with Gasteiger partial charge in [-0.1, -0.05) is 60.7 Å². The maximum atomic E-state index is 13.4. The molecular formula is C26H25NO4S2. The Balaban J connectivity index is 1.57. The first-order chi connectivity index (χ1) is 16.1. The van der Waals surface area contributed by atoms with Gasteiger partial charge < -0.3 is 9.47 Å². The highest BCUT2D eigenvalue weighted by Crippen LogP contribution is 2.31. The third-order valence-corrected chi connectivity index (χ3v) is 7.78. The predicted octanol–water partition coefficient (Wildman–Crippen LogP) is 5.73. The average molecular weight is 480 g/mol. The summed E-state index contributed by atoms with van der Waals surface area (Å²) in [4.78, 5) is 1.25. The molecule has 0 aliphatic carbocycles. The lowest BCUT2D eigenvalue weighted by atomic mass is 10.2. The summed E-state index contributed by atoms with van der Waals surface area (Å²) in [7, 11) is -2.10. The minimum absolute atomic E-state index is 0.213. The van der Waals surface area contributed by atoms with Gasteiger partial charge >= 0.3 is 0 Å². The maximum absolute atomic E-state index is 13.4. The molecule has 4 rings (SSSR count). The van der Waals surface area contributed by atoms with Crippen LogP contribution in [0.1, 0.15) is 16.0 Å². The highest BCUT2D eigenvalue weighted by Gasteiger charge is 2.25. The molecule has 0 atom stereocenters. The molecule has 0 aliphatic rings. The minimum atomic E-state index is -3.68. The van der Waals surface area contributed by atoms with Crippen molar-refractivity contribution in [1.29, 1.82) is 0 Å². The van der Waals surface area contributed by atoms with E-state index in [4.69, 9.17) is 9.47 Å². The number of thiophene rings is 1. The topological polar surface area (TPSA) is 55.8 Å². The Bertz CT molecular complexity index is 1260. The Morgan fingerprint density at radius 2 is 1.52 bits per heavy atom. The van der Waals surface area contributed by atoms with Crippen molar-refractivity contribution < 1.29 is 17.9 Å². The van der Waals surface area contributed by atoms with Gasteiger partial charge in [-0.15, -0.1) is 11.3 Å². The number of benzene rings is 3. The van der Waals surface area contributed by atoms with Crippen LogP contribution in [-0.2, 0) is 29.7 Å². The largest absolute Gasteiger partial charge is 0.493 e. The van der Waals surface area contributed by atoms with Gasteiger partial charge in [-0.05, 0) is 46.8 Å². The molecule has 1 heterocycles. The van der Waals surface area contributed by atoms with Gasteiger partial charge in [0, 0.05) is 18.0 Å². The molecule has 0 N–H and O–H groups in total. The fourth-order valence-electron chi connectivity index (χ4n) is 3.41.